The standard InChI is InChI=1S/C11H18N4O4/c1-4-12-8(6-18-2)5-9-10(15(16)17)11(19-3)14-7-13-9/h7-8,12H,4-6H2,1-3H3. The van der Waals surface area contributed by atoms with Crippen molar-refractivity contribution in [3.8, 4) is 5.88 Å². The van der Waals surface area contributed by atoms with Crippen molar-refractivity contribution in [2.75, 3.05) is 27.4 Å². The Morgan fingerprint density at radius 2 is 2.21 bits per heavy atom. The van der Waals surface area contributed by atoms with E-state index in [1.807, 2.05) is 6.92 Å². The molecule has 0 bridgehead atoms. The normalized spacial score (nSPS) is 12.2. The number of aromatic nitrogens is 2. The van der Waals surface area contributed by atoms with Gasteiger partial charge in [-0.3, -0.25) is 10.1 Å². The molecule has 1 aromatic rings. The summed E-state index contributed by atoms with van der Waals surface area (Å²) >= 11 is 0. The molecular formula is C11H18N4O4. The van der Waals surface area contributed by atoms with Gasteiger partial charge in [-0.05, 0) is 6.54 Å². The first-order chi connectivity index (χ1) is 9.13. The summed E-state index contributed by atoms with van der Waals surface area (Å²) in [5.41, 5.74) is 0.142. The maximum Gasteiger partial charge on any atom is 0.352 e. The van der Waals surface area contributed by atoms with Gasteiger partial charge in [-0.1, -0.05) is 6.92 Å². The highest BCUT2D eigenvalue weighted by atomic mass is 16.6. The fraction of sp³-hybridized carbons (Fsp3) is 0.636. The van der Waals surface area contributed by atoms with Crippen molar-refractivity contribution in [3.05, 3.63) is 22.1 Å². The van der Waals surface area contributed by atoms with Crippen LogP contribution < -0.4 is 10.1 Å². The summed E-state index contributed by atoms with van der Waals surface area (Å²) in [5, 5.41) is 14.3. The summed E-state index contributed by atoms with van der Waals surface area (Å²) in [6.07, 6.45) is 1.63. The fourth-order valence-corrected chi connectivity index (χ4v) is 1.79. The van der Waals surface area contributed by atoms with Crippen molar-refractivity contribution >= 4 is 5.69 Å². The van der Waals surface area contributed by atoms with Gasteiger partial charge in [0.15, 0.2) is 0 Å². The molecule has 1 unspecified atom stereocenters. The molecule has 1 heterocycles. The molecule has 0 radical (unpaired) electrons. The Bertz CT molecular complexity index is 421. The first-order valence-electron chi connectivity index (χ1n) is 5.88. The van der Waals surface area contributed by atoms with Gasteiger partial charge in [0.1, 0.15) is 12.0 Å². The molecule has 8 nitrogen and oxygen atoms in total. The van der Waals surface area contributed by atoms with E-state index in [0.29, 0.717) is 18.7 Å². The minimum absolute atomic E-state index is 0.0253. The monoisotopic (exact) mass is 270 g/mol. The van der Waals surface area contributed by atoms with E-state index in [2.05, 4.69) is 15.3 Å². The number of ether oxygens (including phenoxy) is 2. The van der Waals surface area contributed by atoms with Crippen LogP contribution in [0.1, 0.15) is 12.6 Å². The van der Waals surface area contributed by atoms with Gasteiger partial charge in [0.25, 0.3) is 5.88 Å². The summed E-state index contributed by atoms with van der Waals surface area (Å²) in [6, 6.07) is -0.0479. The van der Waals surface area contributed by atoms with E-state index < -0.39 is 4.92 Å². The number of rotatable bonds is 8. The Kier molecular flexibility index (Phi) is 6.10. The molecule has 0 aromatic carbocycles. The smallest absolute Gasteiger partial charge is 0.352 e. The molecule has 1 atom stereocenters. The summed E-state index contributed by atoms with van der Waals surface area (Å²) in [5.74, 6) is -0.0253. The molecule has 19 heavy (non-hydrogen) atoms. The molecule has 0 aliphatic carbocycles. The van der Waals surface area contributed by atoms with E-state index >= 15 is 0 Å². The first kappa shape index (κ1) is 15.3. The summed E-state index contributed by atoms with van der Waals surface area (Å²) in [4.78, 5) is 18.3. The lowest BCUT2D eigenvalue weighted by Crippen LogP contribution is -2.35. The van der Waals surface area contributed by atoms with Crippen molar-refractivity contribution < 1.29 is 14.4 Å². The largest absolute Gasteiger partial charge is 0.476 e. The van der Waals surface area contributed by atoms with Gasteiger partial charge in [-0.25, -0.2) is 4.98 Å². The third-order valence-corrected chi connectivity index (χ3v) is 2.54. The summed E-state index contributed by atoms with van der Waals surface area (Å²) < 4.78 is 9.98. The second-order valence-electron chi connectivity index (χ2n) is 3.85. The number of nitrogens with zero attached hydrogens (tertiary/aromatic N) is 3. The third kappa shape index (κ3) is 4.11. The van der Waals surface area contributed by atoms with Crippen LogP contribution in [-0.4, -0.2) is 48.3 Å². The van der Waals surface area contributed by atoms with E-state index in [4.69, 9.17) is 9.47 Å². The lowest BCUT2D eigenvalue weighted by molar-refractivity contribution is -0.387. The van der Waals surface area contributed by atoms with Crippen LogP contribution in [0.2, 0.25) is 0 Å². The minimum atomic E-state index is -0.524. The molecule has 0 fully saturated rings. The average molecular weight is 270 g/mol. The molecular weight excluding hydrogens is 252 g/mol. The number of hydrogen-bond acceptors (Lipinski definition) is 7. The molecule has 1 aromatic heterocycles. The predicted molar refractivity (Wildman–Crippen MR) is 68.3 cm³/mol. The number of nitrogens with one attached hydrogen (secondary N) is 1. The maximum absolute atomic E-state index is 11.1. The Labute approximate surface area is 111 Å². The Morgan fingerprint density at radius 3 is 2.74 bits per heavy atom. The maximum atomic E-state index is 11.1. The van der Waals surface area contributed by atoms with Crippen LogP contribution in [0.3, 0.4) is 0 Å². The van der Waals surface area contributed by atoms with Crippen molar-refractivity contribution in [1.82, 2.24) is 15.3 Å². The zero-order valence-corrected chi connectivity index (χ0v) is 11.3. The molecule has 1 N–H and O–H groups in total. The molecule has 0 saturated heterocycles. The van der Waals surface area contributed by atoms with E-state index in [1.54, 1.807) is 7.11 Å². The lowest BCUT2D eigenvalue weighted by Gasteiger charge is -2.16. The first-order valence-corrected chi connectivity index (χ1v) is 5.88. The third-order valence-electron chi connectivity index (χ3n) is 2.54. The summed E-state index contributed by atoms with van der Waals surface area (Å²) in [7, 11) is 2.93. The second kappa shape index (κ2) is 7.59. The van der Waals surface area contributed by atoms with Gasteiger partial charge in [-0.15, -0.1) is 0 Å². The highest BCUT2D eigenvalue weighted by Gasteiger charge is 2.25. The molecule has 8 heteroatoms. The van der Waals surface area contributed by atoms with Gasteiger partial charge in [0.05, 0.1) is 18.6 Å². The van der Waals surface area contributed by atoms with Crippen LogP contribution in [0.4, 0.5) is 5.69 Å². The van der Waals surface area contributed by atoms with Crippen molar-refractivity contribution in [1.29, 1.82) is 0 Å². The zero-order chi connectivity index (χ0) is 14.3. The molecule has 0 aliphatic rings. The summed E-state index contributed by atoms with van der Waals surface area (Å²) in [6.45, 7) is 3.14. The molecule has 0 saturated carbocycles. The van der Waals surface area contributed by atoms with Crippen LogP contribution in [0.15, 0.2) is 6.33 Å². The predicted octanol–water partition coefficient (Wildman–Crippen LogP) is 0.560. The number of hydrogen-bond donors (Lipinski definition) is 1. The fourth-order valence-electron chi connectivity index (χ4n) is 1.79. The Hall–Kier alpha value is -1.80. The second-order valence-corrected chi connectivity index (χ2v) is 3.85. The Morgan fingerprint density at radius 1 is 1.47 bits per heavy atom. The van der Waals surface area contributed by atoms with Crippen molar-refractivity contribution in [3.63, 3.8) is 0 Å². The molecule has 1 rings (SSSR count). The molecule has 0 spiro atoms. The highest BCUT2D eigenvalue weighted by Crippen LogP contribution is 2.27. The lowest BCUT2D eigenvalue weighted by atomic mass is 10.1. The highest BCUT2D eigenvalue weighted by molar-refractivity contribution is 5.44. The Balaban J connectivity index is 3.01. The van der Waals surface area contributed by atoms with Gasteiger partial charge < -0.3 is 14.8 Å². The molecule has 0 aliphatic heterocycles. The van der Waals surface area contributed by atoms with Crippen LogP contribution in [0.25, 0.3) is 0 Å². The van der Waals surface area contributed by atoms with Crippen molar-refractivity contribution in [2.24, 2.45) is 0 Å². The zero-order valence-electron chi connectivity index (χ0n) is 11.3. The van der Waals surface area contributed by atoms with E-state index in [0.717, 1.165) is 6.54 Å². The number of nitro groups is 1. The number of methoxy groups -OCH3 is 2. The van der Waals surface area contributed by atoms with Gasteiger partial charge in [0, 0.05) is 19.6 Å². The minimum Gasteiger partial charge on any atom is -0.476 e. The van der Waals surface area contributed by atoms with Gasteiger partial charge in [-0.2, -0.15) is 4.98 Å². The average Bonchev–Trinajstić information content (AvgIpc) is 2.38. The van der Waals surface area contributed by atoms with E-state index in [9.17, 15) is 10.1 Å². The van der Waals surface area contributed by atoms with Gasteiger partial charge in [0.2, 0.25) is 0 Å². The van der Waals surface area contributed by atoms with Gasteiger partial charge >= 0.3 is 5.69 Å². The topological polar surface area (TPSA) is 99.4 Å². The van der Waals surface area contributed by atoms with Crippen LogP contribution in [-0.2, 0) is 11.2 Å². The molecule has 106 valence electrons. The SMILES string of the molecule is CCNC(COC)Cc1ncnc(OC)c1[N+](=O)[O-]. The van der Waals surface area contributed by atoms with Crippen LogP contribution >= 0.6 is 0 Å². The van der Waals surface area contributed by atoms with E-state index in [-0.39, 0.29) is 17.6 Å². The van der Waals surface area contributed by atoms with Crippen LogP contribution in [0, 0.1) is 10.1 Å². The molecule has 0 amide bonds. The quantitative estimate of drug-likeness (QED) is 0.544. The van der Waals surface area contributed by atoms with E-state index in [1.165, 1.54) is 13.4 Å². The van der Waals surface area contributed by atoms with Crippen LogP contribution in [0.5, 0.6) is 5.88 Å². The van der Waals surface area contributed by atoms with Crippen molar-refractivity contribution in [2.45, 2.75) is 19.4 Å². The number of likely N-dealkylation sites (N-methyl/N-ethyl adjacent to an activating group) is 1.